The molecule has 0 aromatic heterocycles. The molecule has 4 heteroatoms. The average Bonchev–Trinajstić information content (AvgIpc) is 2.92. The van der Waals surface area contributed by atoms with Gasteiger partial charge >= 0.3 is 0 Å². The first kappa shape index (κ1) is 36.3. The van der Waals surface area contributed by atoms with Crippen LogP contribution in [-0.4, -0.2) is 28.6 Å². The molecule has 4 nitrogen and oxygen atoms in total. The summed E-state index contributed by atoms with van der Waals surface area (Å²) in [4.78, 5) is 36.3. The van der Waals surface area contributed by atoms with Gasteiger partial charge in [0.05, 0.1) is 0 Å². The Kier molecular flexibility index (Phi) is 13.0. The van der Waals surface area contributed by atoms with Crippen LogP contribution in [0.4, 0.5) is 0 Å². The SMILES string of the molecule is CC1=C(/C=C/C(C)=C/C=C/C(C)=C/C=C/C=C(C)/C=C/C=C(C)/C=C/C2=C(C)C(=O)[C@@H](O)CC2(C)C)C(C)(C)CC(=O)C1=O. The Morgan fingerprint density at radius 2 is 1.05 bits per heavy atom. The van der Waals surface area contributed by atoms with Gasteiger partial charge in [-0.3, -0.25) is 14.4 Å². The summed E-state index contributed by atoms with van der Waals surface area (Å²) in [5, 5.41) is 10.0. The maximum absolute atomic E-state index is 12.2. The van der Waals surface area contributed by atoms with Crippen LogP contribution in [0, 0.1) is 10.8 Å². The van der Waals surface area contributed by atoms with E-state index in [9.17, 15) is 19.5 Å². The van der Waals surface area contributed by atoms with E-state index in [-0.39, 0.29) is 34.6 Å². The summed E-state index contributed by atoms with van der Waals surface area (Å²) >= 11 is 0. The lowest BCUT2D eigenvalue weighted by atomic mass is 9.71. The highest BCUT2D eigenvalue weighted by atomic mass is 16.3. The molecule has 0 amide bonds. The summed E-state index contributed by atoms with van der Waals surface area (Å²) in [5.74, 6) is -0.851. The number of aliphatic hydroxyl groups excluding tert-OH is 1. The Bertz CT molecular complexity index is 1500. The number of carbonyl (C=O) groups is 3. The second kappa shape index (κ2) is 15.7. The Labute approximate surface area is 265 Å². The fourth-order valence-electron chi connectivity index (χ4n) is 5.46. The first-order chi connectivity index (χ1) is 20.5. The van der Waals surface area contributed by atoms with Crippen LogP contribution in [0.25, 0.3) is 0 Å². The van der Waals surface area contributed by atoms with Crippen LogP contribution in [0.1, 0.15) is 82.1 Å². The minimum Gasteiger partial charge on any atom is -0.385 e. The Morgan fingerprint density at radius 1 is 0.636 bits per heavy atom. The number of aliphatic hydroxyl groups is 1. The smallest absolute Gasteiger partial charge is 0.224 e. The monoisotopic (exact) mass is 594 g/mol. The molecule has 0 radical (unpaired) electrons. The molecular formula is C40H50O4. The van der Waals surface area contributed by atoms with Crippen molar-refractivity contribution in [2.24, 2.45) is 10.8 Å². The van der Waals surface area contributed by atoms with Gasteiger partial charge in [-0.2, -0.15) is 0 Å². The van der Waals surface area contributed by atoms with Crippen LogP contribution in [0.15, 0.2) is 130 Å². The second-order valence-corrected chi connectivity index (χ2v) is 13.3. The lowest BCUT2D eigenvalue weighted by molar-refractivity contribution is -0.136. The average molecular weight is 595 g/mol. The minimum absolute atomic E-state index is 0.177. The number of Topliss-reactive ketones (excluding diaryl/α,β-unsaturated/α-hetero) is 3. The molecule has 0 aromatic carbocycles. The fraction of sp³-hybridized carbons (Fsp3) is 0.375. The van der Waals surface area contributed by atoms with Crippen molar-refractivity contribution in [1.29, 1.82) is 0 Å². The number of carbonyl (C=O) groups excluding carboxylic acids is 3. The summed E-state index contributed by atoms with van der Waals surface area (Å²) in [6.07, 6.45) is 28.0. The van der Waals surface area contributed by atoms with Gasteiger partial charge in [-0.15, -0.1) is 0 Å². The highest BCUT2D eigenvalue weighted by Crippen LogP contribution is 2.40. The van der Waals surface area contributed by atoms with Crippen molar-refractivity contribution in [3.8, 4) is 0 Å². The summed E-state index contributed by atoms with van der Waals surface area (Å²) in [7, 11) is 0. The van der Waals surface area contributed by atoms with Crippen molar-refractivity contribution >= 4 is 17.3 Å². The van der Waals surface area contributed by atoms with E-state index in [0.29, 0.717) is 17.6 Å². The molecule has 0 aliphatic heterocycles. The van der Waals surface area contributed by atoms with Crippen molar-refractivity contribution < 1.29 is 19.5 Å². The van der Waals surface area contributed by atoms with E-state index < -0.39 is 6.10 Å². The van der Waals surface area contributed by atoms with Crippen LogP contribution in [-0.2, 0) is 14.4 Å². The summed E-state index contributed by atoms with van der Waals surface area (Å²) in [5.41, 5.74) is 6.85. The Balaban J connectivity index is 1.95. The van der Waals surface area contributed by atoms with Crippen LogP contribution in [0.5, 0.6) is 0 Å². The van der Waals surface area contributed by atoms with Crippen molar-refractivity contribution in [2.45, 2.75) is 88.2 Å². The van der Waals surface area contributed by atoms with E-state index in [1.165, 1.54) is 0 Å². The van der Waals surface area contributed by atoms with Crippen LogP contribution >= 0.6 is 0 Å². The predicted molar refractivity (Wildman–Crippen MR) is 184 cm³/mol. The largest absolute Gasteiger partial charge is 0.385 e. The number of hydrogen-bond acceptors (Lipinski definition) is 4. The first-order valence-electron chi connectivity index (χ1n) is 15.3. The Hall–Kier alpha value is -3.89. The molecule has 0 heterocycles. The predicted octanol–water partition coefficient (Wildman–Crippen LogP) is 9.11. The third-order valence-corrected chi connectivity index (χ3v) is 8.13. The molecule has 2 aliphatic rings. The van der Waals surface area contributed by atoms with E-state index >= 15 is 0 Å². The Morgan fingerprint density at radius 3 is 1.52 bits per heavy atom. The summed E-state index contributed by atoms with van der Waals surface area (Å²) < 4.78 is 0. The van der Waals surface area contributed by atoms with Gasteiger partial charge in [0.1, 0.15) is 6.10 Å². The third kappa shape index (κ3) is 10.4. The molecule has 1 atom stereocenters. The molecule has 2 rings (SSSR count). The quantitative estimate of drug-likeness (QED) is 0.202. The standard InChI is InChI=1S/C40H50O4/c1-27(17-13-19-29(3)21-23-33-31(5)37(43)35(41)25-39(33,7)8)15-11-12-16-28(2)18-14-20-30(4)22-24-34-32(6)38(44)36(42)26-40(34,9)10/h11-24,35,41H,25-26H2,1-10H3/b12-11+,17-13+,18-14+,23-21+,24-22+,27-15+,28-16+,29-19+,30-20+/t35-/m0/s1. The molecule has 0 fully saturated rings. The van der Waals surface area contributed by atoms with Crippen LogP contribution < -0.4 is 0 Å². The highest BCUT2D eigenvalue weighted by molar-refractivity contribution is 6.44. The maximum atomic E-state index is 12.2. The molecule has 0 saturated carbocycles. The van der Waals surface area contributed by atoms with E-state index in [0.717, 1.165) is 33.4 Å². The number of ketones is 3. The second-order valence-electron chi connectivity index (χ2n) is 13.3. The van der Waals surface area contributed by atoms with Gasteiger partial charge in [-0.1, -0.05) is 135 Å². The third-order valence-electron chi connectivity index (χ3n) is 8.13. The molecule has 0 spiro atoms. The van der Waals surface area contributed by atoms with Gasteiger partial charge in [0.2, 0.25) is 11.6 Å². The van der Waals surface area contributed by atoms with Gasteiger partial charge in [0, 0.05) is 12.0 Å². The molecule has 0 aromatic rings. The zero-order valence-electron chi connectivity index (χ0n) is 28.2. The van der Waals surface area contributed by atoms with Crippen molar-refractivity contribution in [3.63, 3.8) is 0 Å². The van der Waals surface area contributed by atoms with Crippen LogP contribution in [0.2, 0.25) is 0 Å². The van der Waals surface area contributed by atoms with Crippen molar-refractivity contribution in [1.82, 2.24) is 0 Å². The molecule has 44 heavy (non-hydrogen) atoms. The first-order valence-corrected chi connectivity index (χ1v) is 15.3. The van der Waals surface area contributed by atoms with E-state index in [4.69, 9.17) is 0 Å². The zero-order valence-corrected chi connectivity index (χ0v) is 28.2. The van der Waals surface area contributed by atoms with Crippen molar-refractivity contribution in [3.05, 3.63) is 130 Å². The van der Waals surface area contributed by atoms with E-state index in [1.54, 1.807) is 13.8 Å². The summed E-state index contributed by atoms with van der Waals surface area (Å²) in [6.45, 7) is 19.8. The maximum Gasteiger partial charge on any atom is 0.224 e. The number of hydrogen-bond donors (Lipinski definition) is 1. The molecular weight excluding hydrogens is 544 g/mol. The van der Waals surface area contributed by atoms with Gasteiger partial charge in [-0.05, 0) is 75.5 Å². The highest BCUT2D eigenvalue weighted by Gasteiger charge is 2.37. The molecule has 0 bridgehead atoms. The molecule has 1 N–H and O–H groups in total. The molecule has 234 valence electrons. The van der Waals surface area contributed by atoms with Crippen molar-refractivity contribution in [2.75, 3.05) is 0 Å². The van der Waals surface area contributed by atoms with E-state index in [2.05, 4.69) is 19.9 Å². The van der Waals surface area contributed by atoms with Gasteiger partial charge in [-0.25, -0.2) is 0 Å². The number of rotatable bonds is 10. The fourth-order valence-corrected chi connectivity index (χ4v) is 5.46. The lowest BCUT2D eigenvalue weighted by Gasteiger charge is -2.34. The summed E-state index contributed by atoms with van der Waals surface area (Å²) in [6, 6.07) is 0. The normalized spacial score (nSPS) is 22.9. The van der Waals surface area contributed by atoms with E-state index in [1.807, 2.05) is 121 Å². The zero-order chi connectivity index (χ0) is 33.2. The number of allylic oxidation sites excluding steroid dienone is 21. The minimum atomic E-state index is -0.908. The molecule has 0 saturated heterocycles. The van der Waals surface area contributed by atoms with Gasteiger partial charge in [0.25, 0.3) is 0 Å². The molecule has 0 unspecified atom stereocenters. The van der Waals surface area contributed by atoms with Gasteiger partial charge < -0.3 is 5.11 Å². The topological polar surface area (TPSA) is 71.4 Å². The van der Waals surface area contributed by atoms with Gasteiger partial charge in [0.15, 0.2) is 5.78 Å². The van der Waals surface area contributed by atoms with Crippen LogP contribution in [0.3, 0.4) is 0 Å². The molecule has 2 aliphatic carbocycles. The lowest BCUT2D eigenvalue weighted by Crippen LogP contribution is -2.35.